The van der Waals surface area contributed by atoms with Gasteiger partial charge in [-0.2, -0.15) is 0 Å². The van der Waals surface area contributed by atoms with Gasteiger partial charge in [0.25, 0.3) is 0 Å². The fraction of sp³-hybridized carbons (Fsp3) is 0.875. The number of nitrogens with zero attached hydrogens (tertiary/aromatic N) is 1. The van der Waals surface area contributed by atoms with Gasteiger partial charge in [0.2, 0.25) is 5.91 Å². The summed E-state index contributed by atoms with van der Waals surface area (Å²) >= 11 is 0. The van der Waals surface area contributed by atoms with Gasteiger partial charge in [0.05, 0.1) is 13.2 Å². The van der Waals surface area contributed by atoms with Gasteiger partial charge < -0.3 is 16.2 Å². The third-order valence-corrected chi connectivity index (χ3v) is 2.22. The van der Waals surface area contributed by atoms with Crippen molar-refractivity contribution in [3.05, 3.63) is 0 Å². The third kappa shape index (κ3) is 2.95. The van der Waals surface area contributed by atoms with Crippen molar-refractivity contribution < 1.29 is 9.53 Å². The van der Waals surface area contributed by atoms with E-state index in [1.165, 1.54) is 0 Å². The van der Waals surface area contributed by atoms with E-state index >= 15 is 0 Å². The Balaban J connectivity index is 2.41. The zero-order chi connectivity index (χ0) is 9.68. The van der Waals surface area contributed by atoms with Crippen molar-refractivity contribution in [3.63, 3.8) is 0 Å². The van der Waals surface area contributed by atoms with Crippen molar-refractivity contribution in [1.29, 1.82) is 0 Å². The summed E-state index contributed by atoms with van der Waals surface area (Å²) in [5, 5.41) is 0. The standard InChI is InChI=1S/C8H17N3O2/c9-2-1-3-11-4-5-13-6-7(11)8(10)12/h7H,1-6,9H2,(H2,10,12). The minimum atomic E-state index is -0.309. The lowest BCUT2D eigenvalue weighted by atomic mass is 10.2. The molecule has 1 saturated heterocycles. The predicted octanol–water partition coefficient (Wildman–Crippen LogP) is -1.48. The van der Waals surface area contributed by atoms with Gasteiger partial charge in [0.1, 0.15) is 6.04 Å². The molecule has 5 heteroatoms. The van der Waals surface area contributed by atoms with Gasteiger partial charge in [-0.3, -0.25) is 9.69 Å². The quantitative estimate of drug-likeness (QED) is 0.562. The van der Waals surface area contributed by atoms with Crippen molar-refractivity contribution in [2.24, 2.45) is 11.5 Å². The number of primary amides is 1. The summed E-state index contributed by atoms with van der Waals surface area (Å²) in [4.78, 5) is 13.0. The number of morpholine rings is 1. The van der Waals surface area contributed by atoms with Crippen LogP contribution in [0.1, 0.15) is 6.42 Å². The van der Waals surface area contributed by atoms with E-state index < -0.39 is 0 Å². The molecule has 0 saturated carbocycles. The van der Waals surface area contributed by atoms with E-state index in [4.69, 9.17) is 16.2 Å². The Morgan fingerprint density at radius 2 is 2.38 bits per heavy atom. The summed E-state index contributed by atoms with van der Waals surface area (Å²) in [7, 11) is 0. The highest BCUT2D eigenvalue weighted by Crippen LogP contribution is 2.06. The number of hydrogen-bond donors (Lipinski definition) is 2. The van der Waals surface area contributed by atoms with Crippen LogP contribution in [0.25, 0.3) is 0 Å². The smallest absolute Gasteiger partial charge is 0.237 e. The van der Waals surface area contributed by atoms with Crippen LogP contribution in [0.15, 0.2) is 0 Å². The fourth-order valence-corrected chi connectivity index (χ4v) is 1.46. The first-order chi connectivity index (χ1) is 6.25. The molecule has 76 valence electrons. The SMILES string of the molecule is NCCCN1CCOCC1C(N)=O. The van der Waals surface area contributed by atoms with Crippen molar-refractivity contribution in [2.75, 3.05) is 32.8 Å². The molecule has 0 radical (unpaired) electrons. The summed E-state index contributed by atoms with van der Waals surface area (Å²) in [5.41, 5.74) is 10.6. The Bertz CT molecular complexity index is 175. The Morgan fingerprint density at radius 3 is 3.00 bits per heavy atom. The van der Waals surface area contributed by atoms with Gasteiger partial charge >= 0.3 is 0 Å². The molecule has 0 aliphatic carbocycles. The van der Waals surface area contributed by atoms with Gasteiger partial charge in [-0.1, -0.05) is 0 Å². The molecular formula is C8H17N3O2. The molecule has 1 atom stereocenters. The van der Waals surface area contributed by atoms with Gasteiger partial charge in [-0.05, 0) is 13.0 Å². The first kappa shape index (κ1) is 10.4. The maximum atomic E-state index is 11.0. The zero-order valence-corrected chi connectivity index (χ0v) is 7.74. The summed E-state index contributed by atoms with van der Waals surface area (Å²) in [6, 6.07) is -0.264. The molecule has 1 aliphatic rings. The second-order valence-electron chi connectivity index (χ2n) is 3.17. The Labute approximate surface area is 78.0 Å². The highest BCUT2D eigenvalue weighted by atomic mass is 16.5. The lowest BCUT2D eigenvalue weighted by molar-refractivity contribution is -0.129. The van der Waals surface area contributed by atoms with Gasteiger partial charge in [-0.25, -0.2) is 0 Å². The zero-order valence-electron chi connectivity index (χ0n) is 7.74. The van der Waals surface area contributed by atoms with Crippen LogP contribution < -0.4 is 11.5 Å². The molecule has 5 nitrogen and oxygen atoms in total. The average molecular weight is 187 g/mol. The second-order valence-corrected chi connectivity index (χ2v) is 3.17. The monoisotopic (exact) mass is 187 g/mol. The van der Waals surface area contributed by atoms with E-state index in [1.54, 1.807) is 0 Å². The third-order valence-electron chi connectivity index (χ3n) is 2.22. The molecule has 0 aromatic heterocycles. The number of nitrogens with two attached hydrogens (primary N) is 2. The van der Waals surface area contributed by atoms with E-state index in [0.717, 1.165) is 19.5 Å². The highest BCUT2D eigenvalue weighted by molar-refractivity contribution is 5.80. The molecule has 0 aromatic carbocycles. The van der Waals surface area contributed by atoms with E-state index in [1.807, 2.05) is 4.90 Å². The van der Waals surface area contributed by atoms with Crippen LogP contribution in [0, 0.1) is 0 Å². The van der Waals surface area contributed by atoms with Crippen molar-refractivity contribution >= 4 is 5.91 Å². The van der Waals surface area contributed by atoms with Crippen molar-refractivity contribution in [2.45, 2.75) is 12.5 Å². The Morgan fingerprint density at radius 1 is 1.62 bits per heavy atom. The normalized spacial score (nSPS) is 24.5. The Hall–Kier alpha value is -0.650. The number of hydrogen-bond acceptors (Lipinski definition) is 4. The van der Waals surface area contributed by atoms with Crippen LogP contribution in [0.4, 0.5) is 0 Å². The molecule has 1 aliphatic heterocycles. The number of amides is 1. The molecule has 0 aromatic rings. The van der Waals surface area contributed by atoms with E-state index in [9.17, 15) is 4.79 Å². The van der Waals surface area contributed by atoms with Crippen LogP contribution in [0.5, 0.6) is 0 Å². The van der Waals surface area contributed by atoms with Crippen LogP contribution in [-0.4, -0.2) is 49.7 Å². The number of ether oxygens (including phenoxy) is 1. The maximum absolute atomic E-state index is 11.0. The number of carbonyl (C=O) groups excluding carboxylic acids is 1. The van der Waals surface area contributed by atoms with Crippen LogP contribution in [0.2, 0.25) is 0 Å². The summed E-state index contributed by atoms with van der Waals surface area (Å²) in [6.07, 6.45) is 0.893. The van der Waals surface area contributed by atoms with E-state index in [-0.39, 0.29) is 11.9 Å². The number of rotatable bonds is 4. The molecule has 1 rings (SSSR count). The molecule has 4 N–H and O–H groups in total. The van der Waals surface area contributed by atoms with E-state index in [2.05, 4.69) is 0 Å². The van der Waals surface area contributed by atoms with Gasteiger partial charge in [0, 0.05) is 13.1 Å². The van der Waals surface area contributed by atoms with Crippen molar-refractivity contribution in [1.82, 2.24) is 4.90 Å². The summed E-state index contributed by atoms with van der Waals surface area (Å²) in [5.74, 6) is -0.309. The molecule has 1 unspecified atom stereocenters. The van der Waals surface area contributed by atoms with Crippen LogP contribution in [-0.2, 0) is 9.53 Å². The molecule has 13 heavy (non-hydrogen) atoms. The second kappa shape index (κ2) is 5.16. The first-order valence-electron chi connectivity index (χ1n) is 4.57. The highest BCUT2D eigenvalue weighted by Gasteiger charge is 2.26. The minimum Gasteiger partial charge on any atom is -0.378 e. The summed E-state index contributed by atoms with van der Waals surface area (Å²) < 4.78 is 5.18. The van der Waals surface area contributed by atoms with Gasteiger partial charge in [0.15, 0.2) is 0 Å². The van der Waals surface area contributed by atoms with Gasteiger partial charge in [-0.15, -0.1) is 0 Å². The topological polar surface area (TPSA) is 81.6 Å². The van der Waals surface area contributed by atoms with Crippen LogP contribution >= 0.6 is 0 Å². The molecule has 1 heterocycles. The summed E-state index contributed by atoms with van der Waals surface area (Å²) in [6.45, 7) is 3.33. The largest absolute Gasteiger partial charge is 0.378 e. The molecule has 0 spiro atoms. The Kier molecular flexibility index (Phi) is 4.14. The predicted molar refractivity (Wildman–Crippen MR) is 49.0 cm³/mol. The minimum absolute atomic E-state index is 0.264. The van der Waals surface area contributed by atoms with Crippen LogP contribution in [0.3, 0.4) is 0 Å². The average Bonchev–Trinajstić information content (AvgIpc) is 2.15. The first-order valence-corrected chi connectivity index (χ1v) is 4.57. The molecule has 1 fully saturated rings. The molecular weight excluding hydrogens is 170 g/mol. The van der Waals surface area contributed by atoms with E-state index in [0.29, 0.717) is 19.8 Å². The lowest BCUT2D eigenvalue weighted by Crippen LogP contribution is -2.52. The number of carbonyl (C=O) groups is 1. The van der Waals surface area contributed by atoms with Crippen molar-refractivity contribution in [3.8, 4) is 0 Å². The molecule has 0 bridgehead atoms. The molecule has 1 amide bonds. The lowest BCUT2D eigenvalue weighted by Gasteiger charge is -2.33. The fourth-order valence-electron chi connectivity index (χ4n) is 1.46. The maximum Gasteiger partial charge on any atom is 0.237 e.